The van der Waals surface area contributed by atoms with Gasteiger partial charge in [-0.05, 0) is 36.6 Å². The lowest BCUT2D eigenvalue weighted by Crippen LogP contribution is -2.44. The second-order valence-electron chi connectivity index (χ2n) is 6.50. The maximum Gasteiger partial charge on any atom is 0.433 e. The van der Waals surface area contributed by atoms with Crippen molar-refractivity contribution in [1.29, 1.82) is 0 Å². The Hall–Kier alpha value is -2.15. The molecule has 0 amide bonds. The van der Waals surface area contributed by atoms with Crippen LogP contribution >= 0.6 is 0 Å². The van der Waals surface area contributed by atoms with Crippen LogP contribution in [0.3, 0.4) is 0 Å². The summed E-state index contributed by atoms with van der Waals surface area (Å²) < 4.78 is 39.7. The van der Waals surface area contributed by atoms with Crippen LogP contribution in [0.4, 0.5) is 13.2 Å². The van der Waals surface area contributed by atoms with Crippen LogP contribution in [0.25, 0.3) is 11.1 Å². The molecule has 2 aromatic rings. The van der Waals surface area contributed by atoms with Crippen LogP contribution in [0.15, 0.2) is 35.3 Å². The Morgan fingerprint density at radius 3 is 2.71 bits per heavy atom. The van der Waals surface area contributed by atoms with Crippen LogP contribution in [-0.4, -0.2) is 22.6 Å². The number of aromatic nitrogens is 2. The number of hydrogen-bond acceptors (Lipinski definition) is 3. The van der Waals surface area contributed by atoms with E-state index in [2.05, 4.69) is 10.3 Å². The molecule has 0 saturated carbocycles. The molecule has 2 atom stereocenters. The molecule has 4 nitrogen and oxygen atoms in total. The van der Waals surface area contributed by atoms with Gasteiger partial charge in [0.15, 0.2) is 0 Å². The van der Waals surface area contributed by atoms with Crippen molar-refractivity contribution < 1.29 is 13.2 Å². The van der Waals surface area contributed by atoms with Crippen LogP contribution in [-0.2, 0) is 12.7 Å². The molecule has 2 aliphatic heterocycles. The number of alkyl halides is 3. The summed E-state index contributed by atoms with van der Waals surface area (Å²) in [5.74, 6) is 0.736. The van der Waals surface area contributed by atoms with E-state index in [9.17, 15) is 18.0 Å². The summed E-state index contributed by atoms with van der Waals surface area (Å²) in [6.07, 6.45) is -2.24. The topological polar surface area (TPSA) is 46.9 Å². The normalized spacial score (nSPS) is 23.0. The molecule has 2 aromatic heterocycles. The average Bonchev–Trinajstić information content (AvgIpc) is 2.55. The second-order valence-corrected chi connectivity index (χ2v) is 6.50. The van der Waals surface area contributed by atoms with Crippen molar-refractivity contribution in [3.8, 4) is 11.1 Å². The zero-order valence-corrected chi connectivity index (χ0v) is 12.8. The fraction of sp³-hybridized carbons (Fsp3) is 0.412. The van der Waals surface area contributed by atoms with E-state index < -0.39 is 11.9 Å². The van der Waals surface area contributed by atoms with E-state index in [1.54, 1.807) is 4.57 Å². The largest absolute Gasteiger partial charge is 0.433 e. The molecule has 0 unspecified atom stereocenters. The van der Waals surface area contributed by atoms with Crippen LogP contribution in [0, 0.1) is 5.92 Å². The van der Waals surface area contributed by atoms with Crippen molar-refractivity contribution in [2.45, 2.75) is 25.1 Å². The minimum atomic E-state index is -4.46. The molecule has 4 rings (SSSR count). The van der Waals surface area contributed by atoms with Gasteiger partial charge < -0.3 is 9.88 Å². The molecule has 0 spiro atoms. The lowest BCUT2D eigenvalue weighted by Gasteiger charge is -2.37. The lowest BCUT2D eigenvalue weighted by atomic mass is 9.83. The van der Waals surface area contributed by atoms with Crippen molar-refractivity contribution >= 4 is 0 Å². The van der Waals surface area contributed by atoms with E-state index >= 15 is 0 Å². The first-order chi connectivity index (χ1) is 11.4. The maximum absolute atomic E-state index is 12.6. The summed E-state index contributed by atoms with van der Waals surface area (Å²) >= 11 is 0. The van der Waals surface area contributed by atoms with Gasteiger partial charge in [0.1, 0.15) is 5.69 Å². The number of halogens is 3. The molecule has 0 aromatic carbocycles. The number of piperidine rings is 1. The molecule has 24 heavy (non-hydrogen) atoms. The summed E-state index contributed by atoms with van der Waals surface area (Å²) in [5, 5.41) is 3.38. The maximum atomic E-state index is 12.6. The minimum Gasteiger partial charge on any atom is -0.316 e. The van der Waals surface area contributed by atoms with E-state index in [0.717, 1.165) is 31.3 Å². The first kappa shape index (κ1) is 15.4. The predicted octanol–water partition coefficient (Wildman–Crippen LogP) is 2.64. The van der Waals surface area contributed by atoms with E-state index in [1.165, 1.54) is 18.3 Å². The van der Waals surface area contributed by atoms with Gasteiger partial charge in [-0.15, -0.1) is 0 Å². The van der Waals surface area contributed by atoms with Gasteiger partial charge in [0, 0.05) is 42.5 Å². The summed E-state index contributed by atoms with van der Waals surface area (Å²) in [7, 11) is 0. The Bertz CT molecular complexity index is 826. The van der Waals surface area contributed by atoms with Crippen molar-refractivity contribution in [2.75, 3.05) is 13.1 Å². The Balaban J connectivity index is 1.75. The van der Waals surface area contributed by atoms with E-state index in [1.807, 2.05) is 6.07 Å². The summed E-state index contributed by atoms with van der Waals surface area (Å²) in [6, 6.07) is 5.72. The molecule has 1 N–H and O–H groups in total. The highest BCUT2D eigenvalue weighted by Gasteiger charge is 2.33. The molecule has 1 fully saturated rings. The Morgan fingerprint density at radius 2 is 2.00 bits per heavy atom. The number of pyridine rings is 2. The highest BCUT2D eigenvalue weighted by Crippen LogP contribution is 2.34. The number of fused-ring (bicyclic) bond motifs is 4. The molecule has 7 heteroatoms. The van der Waals surface area contributed by atoms with Crippen molar-refractivity contribution in [1.82, 2.24) is 14.9 Å². The average molecular weight is 335 g/mol. The molecular formula is C17H16F3N3O. The fourth-order valence-corrected chi connectivity index (χ4v) is 3.70. The van der Waals surface area contributed by atoms with Crippen molar-refractivity contribution in [3.05, 3.63) is 52.2 Å². The molecule has 2 aliphatic rings. The van der Waals surface area contributed by atoms with Crippen LogP contribution in [0.2, 0.25) is 0 Å². The molecule has 1 saturated heterocycles. The lowest BCUT2D eigenvalue weighted by molar-refractivity contribution is -0.141. The third kappa shape index (κ3) is 2.62. The number of nitrogens with zero attached hydrogens (tertiary/aromatic N) is 2. The van der Waals surface area contributed by atoms with Gasteiger partial charge in [0.2, 0.25) is 0 Å². The molecule has 126 valence electrons. The highest BCUT2D eigenvalue weighted by molar-refractivity contribution is 5.63. The van der Waals surface area contributed by atoms with Gasteiger partial charge >= 0.3 is 6.18 Å². The molecule has 4 heterocycles. The standard InChI is InChI=1S/C17H16F3N3O/c18-17(19,20)15-2-1-11(8-22-15)12-4-14-13-3-10(6-21-7-13)9-23(14)16(24)5-12/h1-2,4-5,8,10,13,21H,3,6-7,9H2/t10-,13+/m0/s1. The van der Waals surface area contributed by atoms with Crippen molar-refractivity contribution in [2.24, 2.45) is 5.92 Å². The highest BCUT2D eigenvalue weighted by atomic mass is 19.4. The Labute approximate surface area is 136 Å². The quantitative estimate of drug-likeness (QED) is 0.871. The van der Waals surface area contributed by atoms with Gasteiger partial charge in [-0.3, -0.25) is 9.78 Å². The van der Waals surface area contributed by atoms with E-state index in [4.69, 9.17) is 0 Å². The van der Waals surface area contributed by atoms with Crippen LogP contribution in [0.1, 0.15) is 23.7 Å². The SMILES string of the molecule is O=c1cc(-c2ccc(C(F)(F)F)nc2)cc2n1C[C@@H]1CNC[C@H]2C1. The van der Waals surface area contributed by atoms with Gasteiger partial charge in [-0.2, -0.15) is 13.2 Å². The summed E-state index contributed by atoms with van der Waals surface area (Å²) in [4.78, 5) is 15.9. The van der Waals surface area contributed by atoms with Gasteiger partial charge in [0.05, 0.1) is 0 Å². The molecular weight excluding hydrogens is 319 g/mol. The first-order valence-corrected chi connectivity index (χ1v) is 7.91. The monoisotopic (exact) mass is 335 g/mol. The fourth-order valence-electron chi connectivity index (χ4n) is 3.70. The zero-order valence-electron chi connectivity index (χ0n) is 12.8. The number of rotatable bonds is 1. The summed E-state index contributed by atoms with van der Waals surface area (Å²) in [5.41, 5.74) is 1.07. The third-order valence-corrected chi connectivity index (χ3v) is 4.85. The molecule has 0 aliphatic carbocycles. The van der Waals surface area contributed by atoms with Crippen LogP contribution in [0.5, 0.6) is 0 Å². The van der Waals surface area contributed by atoms with Gasteiger partial charge in [0.25, 0.3) is 5.56 Å². The van der Waals surface area contributed by atoms with Crippen LogP contribution < -0.4 is 10.9 Å². The number of hydrogen-bond donors (Lipinski definition) is 1. The molecule has 2 bridgehead atoms. The summed E-state index contributed by atoms with van der Waals surface area (Å²) in [6.45, 7) is 2.45. The zero-order chi connectivity index (χ0) is 16.9. The first-order valence-electron chi connectivity index (χ1n) is 7.91. The van der Waals surface area contributed by atoms with E-state index in [-0.39, 0.29) is 11.5 Å². The minimum absolute atomic E-state index is 0.0982. The van der Waals surface area contributed by atoms with Gasteiger partial charge in [-0.1, -0.05) is 6.07 Å². The molecule has 0 radical (unpaired) electrons. The Kier molecular flexibility index (Phi) is 3.49. The van der Waals surface area contributed by atoms with E-state index in [0.29, 0.717) is 23.6 Å². The smallest absolute Gasteiger partial charge is 0.316 e. The Morgan fingerprint density at radius 1 is 1.17 bits per heavy atom. The third-order valence-electron chi connectivity index (χ3n) is 4.85. The van der Waals surface area contributed by atoms with Gasteiger partial charge in [-0.25, -0.2) is 0 Å². The number of nitrogens with one attached hydrogen (secondary N) is 1. The second kappa shape index (κ2) is 5.44. The predicted molar refractivity (Wildman–Crippen MR) is 82.7 cm³/mol. The van der Waals surface area contributed by atoms with Crippen molar-refractivity contribution in [3.63, 3.8) is 0 Å².